The summed E-state index contributed by atoms with van der Waals surface area (Å²) in [6.45, 7) is 5.50. The Kier molecular flexibility index (Phi) is 6.32. The zero-order valence-electron chi connectivity index (χ0n) is 14.9. The second-order valence-corrected chi connectivity index (χ2v) is 8.57. The van der Waals surface area contributed by atoms with Crippen LogP contribution in [-0.2, 0) is 33.7 Å². The van der Waals surface area contributed by atoms with Crippen molar-refractivity contribution in [2.24, 2.45) is 0 Å². The number of rotatable bonds is 6. The molecule has 7 heteroatoms. The standard InChI is InChI=1S/C19H22N2O3S2/c1-3-24-17(22)10-16-12-25-19(20-16)26-13(2)18(23)21-9-8-14-6-4-5-7-15(14)11-21/h4-7,12-13H,3,8-11H2,1-2H3/t13-/m1/s1. The molecule has 1 aromatic heterocycles. The zero-order valence-corrected chi connectivity index (χ0v) is 16.6. The van der Waals surface area contributed by atoms with Crippen molar-refractivity contribution in [1.29, 1.82) is 0 Å². The van der Waals surface area contributed by atoms with Crippen LogP contribution < -0.4 is 0 Å². The number of benzene rings is 1. The number of esters is 1. The fourth-order valence-electron chi connectivity index (χ4n) is 2.93. The maximum Gasteiger partial charge on any atom is 0.311 e. The predicted octanol–water partition coefficient (Wildman–Crippen LogP) is 3.31. The first-order chi connectivity index (χ1) is 12.6. The van der Waals surface area contributed by atoms with Crippen molar-refractivity contribution in [2.75, 3.05) is 13.2 Å². The molecule has 0 saturated carbocycles. The molecule has 3 rings (SSSR count). The molecule has 1 atom stereocenters. The van der Waals surface area contributed by atoms with Crippen molar-refractivity contribution in [2.45, 2.75) is 42.8 Å². The van der Waals surface area contributed by atoms with E-state index in [0.29, 0.717) is 18.8 Å². The lowest BCUT2D eigenvalue weighted by Gasteiger charge is -2.30. The molecule has 5 nitrogen and oxygen atoms in total. The molecule has 0 saturated heterocycles. The van der Waals surface area contributed by atoms with Crippen LogP contribution >= 0.6 is 23.1 Å². The highest BCUT2D eigenvalue weighted by molar-refractivity contribution is 8.02. The van der Waals surface area contributed by atoms with Gasteiger partial charge in [-0.15, -0.1) is 11.3 Å². The molecule has 1 aliphatic heterocycles. The van der Waals surface area contributed by atoms with E-state index in [1.807, 2.05) is 29.3 Å². The Morgan fingerprint density at radius 2 is 2.12 bits per heavy atom. The molecule has 2 aromatic rings. The Morgan fingerprint density at radius 1 is 1.35 bits per heavy atom. The van der Waals surface area contributed by atoms with Crippen molar-refractivity contribution in [3.8, 4) is 0 Å². The highest BCUT2D eigenvalue weighted by Crippen LogP contribution is 2.29. The van der Waals surface area contributed by atoms with Crippen LogP contribution in [0.4, 0.5) is 0 Å². The molecule has 0 bridgehead atoms. The van der Waals surface area contributed by atoms with Gasteiger partial charge in [0.1, 0.15) is 0 Å². The summed E-state index contributed by atoms with van der Waals surface area (Å²) in [5.74, 6) is -0.142. The van der Waals surface area contributed by atoms with Gasteiger partial charge in [0.15, 0.2) is 4.34 Å². The van der Waals surface area contributed by atoms with E-state index in [-0.39, 0.29) is 23.5 Å². The largest absolute Gasteiger partial charge is 0.466 e. The maximum absolute atomic E-state index is 12.8. The Morgan fingerprint density at radius 3 is 2.88 bits per heavy atom. The van der Waals surface area contributed by atoms with Crippen molar-refractivity contribution in [3.63, 3.8) is 0 Å². The molecule has 138 valence electrons. The van der Waals surface area contributed by atoms with E-state index >= 15 is 0 Å². The number of hydrogen-bond acceptors (Lipinski definition) is 6. The van der Waals surface area contributed by atoms with Crippen molar-refractivity contribution in [3.05, 3.63) is 46.5 Å². The van der Waals surface area contributed by atoms with Crippen LogP contribution in [0.25, 0.3) is 0 Å². The fourth-order valence-corrected chi connectivity index (χ4v) is 4.99. The van der Waals surface area contributed by atoms with Gasteiger partial charge in [0, 0.05) is 18.5 Å². The summed E-state index contributed by atoms with van der Waals surface area (Å²) in [7, 11) is 0. The van der Waals surface area contributed by atoms with E-state index in [0.717, 1.165) is 17.3 Å². The average molecular weight is 391 g/mol. The first-order valence-corrected chi connectivity index (χ1v) is 10.4. The van der Waals surface area contributed by atoms with Crippen LogP contribution in [0.3, 0.4) is 0 Å². The van der Waals surface area contributed by atoms with Crippen molar-refractivity contribution < 1.29 is 14.3 Å². The molecular formula is C19H22N2O3S2. The summed E-state index contributed by atoms with van der Waals surface area (Å²) >= 11 is 2.92. The number of thioether (sulfide) groups is 1. The lowest BCUT2D eigenvalue weighted by atomic mass is 10.00. The SMILES string of the molecule is CCOC(=O)Cc1csc(S[C@H](C)C(=O)N2CCc3ccccc3C2)n1. The fraction of sp³-hybridized carbons (Fsp3) is 0.421. The van der Waals surface area contributed by atoms with E-state index < -0.39 is 0 Å². The molecule has 0 N–H and O–H groups in total. The molecule has 1 aliphatic rings. The van der Waals surface area contributed by atoms with Crippen LogP contribution in [0.1, 0.15) is 30.7 Å². The van der Waals surface area contributed by atoms with Crippen LogP contribution in [-0.4, -0.2) is 40.2 Å². The van der Waals surface area contributed by atoms with Gasteiger partial charge >= 0.3 is 5.97 Å². The summed E-state index contributed by atoms with van der Waals surface area (Å²) in [6.07, 6.45) is 1.08. The van der Waals surface area contributed by atoms with Crippen molar-refractivity contribution >= 4 is 35.0 Å². The normalized spacial score (nSPS) is 14.6. The number of amides is 1. The van der Waals surface area contributed by atoms with E-state index in [2.05, 4.69) is 17.1 Å². The average Bonchev–Trinajstić information content (AvgIpc) is 3.07. The third-order valence-corrected chi connectivity index (χ3v) is 6.34. The summed E-state index contributed by atoms with van der Waals surface area (Å²) < 4.78 is 5.75. The first kappa shape index (κ1) is 18.9. The van der Waals surface area contributed by atoms with Gasteiger partial charge in [0.2, 0.25) is 5.91 Å². The number of carbonyl (C=O) groups excluding carboxylic acids is 2. The van der Waals surface area contributed by atoms with E-state index in [9.17, 15) is 9.59 Å². The summed E-state index contributed by atoms with van der Waals surface area (Å²) in [5.41, 5.74) is 3.26. The number of nitrogens with zero attached hydrogens (tertiary/aromatic N) is 2. The molecule has 0 aliphatic carbocycles. The van der Waals surface area contributed by atoms with Gasteiger partial charge in [0.25, 0.3) is 0 Å². The number of fused-ring (bicyclic) bond motifs is 1. The van der Waals surface area contributed by atoms with E-state index in [4.69, 9.17) is 4.74 Å². The quantitative estimate of drug-likeness (QED) is 0.559. The molecule has 0 spiro atoms. The second kappa shape index (κ2) is 8.68. The van der Waals surface area contributed by atoms with Gasteiger partial charge < -0.3 is 9.64 Å². The third-order valence-electron chi connectivity index (χ3n) is 4.23. The van der Waals surface area contributed by atoms with Crippen LogP contribution in [0.15, 0.2) is 34.0 Å². The molecule has 0 fully saturated rings. The lowest BCUT2D eigenvalue weighted by Crippen LogP contribution is -2.40. The molecule has 0 unspecified atom stereocenters. The smallest absolute Gasteiger partial charge is 0.311 e. The summed E-state index contributed by atoms with van der Waals surface area (Å²) in [5, 5.41) is 1.65. The molecule has 0 radical (unpaired) electrons. The first-order valence-electron chi connectivity index (χ1n) is 8.69. The number of ether oxygens (including phenoxy) is 1. The number of aromatic nitrogens is 1. The van der Waals surface area contributed by atoms with Crippen LogP contribution in [0, 0.1) is 0 Å². The summed E-state index contributed by atoms with van der Waals surface area (Å²) in [6, 6.07) is 8.29. The van der Waals surface area contributed by atoms with Gasteiger partial charge in [0.05, 0.1) is 24.0 Å². The molecule has 1 amide bonds. The third kappa shape index (κ3) is 4.65. The Bertz CT molecular complexity index is 791. The number of thiazole rings is 1. The topological polar surface area (TPSA) is 59.5 Å². The lowest BCUT2D eigenvalue weighted by molar-refractivity contribution is -0.142. The Labute approximate surface area is 161 Å². The van der Waals surface area contributed by atoms with Crippen molar-refractivity contribution in [1.82, 2.24) is 9.88 Å². The Hall–Kier alpha value is -1.86. The van der Waals surface area contributed by atoms with Gasteiger partial charge in [-0.05, 0) is 31.4 Å². The number of carbonyl (C=O) groups is 2. The molecular weight excluding hydrogens is 368 g/mol. The second-order valence-electron chi connectivity index (χ2n) is 6.13. The summed E-state index contributed by atoms with van der Waals surface area (Å²) in [4.78, 5) is 30.7. The van der Waals surface area contributed by atoms with E-state index in [1.54, 1.807) is 6.92 Å². The van der Waals surface area contributed by atoms with Gasteiger partial charge in [-0.2, -0.15) is 0 Å². The highest BCUT2D eigenvalue weighted by atomic mass is 32.2. The molecule has 1 aromatic carbocycles. The maximum atomic E-state index is 12.8. The minimum atomic E-state index is -0.273. The minimum absolute atomic E-state index is 0.131. The van der Waals surface area contributed by atoms with Gasteiger partial charge in [-0.25, -0.2) is 4.98 Å². The minimum Gasteiger partial charge on any atom is -0.466 e. The zero-order chi connectivity index (χ0) is 18.5. The Balaban J connectivity index is 1.57. The van der Waals surface area contributed by atoms with E-state index in [1.165, 1.54) is 34.2 Å². The number of hydrogen-bond donors (Lipinski definition) is 0. The van der Waals surface area contributed by atoms with Gasteiger partial charge in [-0.1, -0.05) is 36.0 Å². The molecule has 2 heterocycles. The van der Waals surface area contributed by atoms with Crippen LogP contribution in [0.2, 0.25) is 0 Å². The monoisotopic (exact) mass is 390 g/mol. The predicted molar refractivity (Wildman–Crippen MR) is 103 cm³/mol. The highest BCUT2D eigenvalue weighted by Gasteiger charge is 2.26. The van der Waals surface area contributed by atoms with Gasteiger partial charge in [-0.3, -0.25) is 9.59 Å². The van der Waals surface area contributed by atoms with Crippen LogP contribution in [0.5, 0.6) is 0 Å². The molecule has 26 heavy (non-hydrogen) atoms.